The van der Waals surface area contributed by atoms with Gasteiger partial charge in [0.2, 0.25) is 0 Å². The van der Waals surface area contributed by atoms with E-state index in [9.17, 15) is 9.59 Å². The number of hydrogen-bond acceptors (Lipinski definition) is 4. The maximum atomic E-state index is 11.6. The van der Waals surface area contributed by atoms with Gasteiger partial charge in [0.1, 0.15) is 5.01 Å². The quantitative estimate of drug-likeness (QED) is 0.751. The highest BCUT2D eigenvalue weighted by Crippen LogP contribution is 2.26. The first kappa shape index (κ1) is 14.8. The van der Waals surface area contributed by atoms with Crippen LogP contribution in [-0.2, 0) is 6.54 Å². The summed E-state index contributed by atoms with van der Waals surface area (Å²) in [7, 11) is 0. The third-order valence-corrected chi connectivity index (χ3v) is 4.33. The number of carbonyl (C=O) groups excluding carboxylic acids is 1. The lowest BCUT2D eigenvalue weighted by atomic mass is 10.0. The van der Waals surface area contributed by atoms with Crippen molar-refractivity contribution in [1.82, 2.24) is 15.6 Å². The molecule has 0 aliphatic heterocycles. The van der Waals surface area contributed by atoms with Gasteiger partial charge in [-0.05, 0) is 12.3 Å². The minimum Gasteiger partial charge on any atom is -0.476 e. The van der Waals surface area contributed by atoms with Crippen molar-refractivity contribution < 1.29 is 14.7 Å². The van der Waals surface area contributed by atoms with Crippen LogP contribution in [0.2, 0.25) is 0 Å². The Morgan fingerprint density at radius 3 is 2.75 bits per heavy atom. The fourth-order valence-corrected chi connectivity index (χ4v) is 3.11. The number of urea groups is 1. The Morgan fingerprint density at radius 1 is 1.35 bits per heavy atom. The second kappa shape index (κ2) is 7.23. The zero-order valence-corrected chi connectivity index (χ0v) is 12.0. The standard InChI is InChI=1S/C13H19N3O3S/c17-12(18)10-8-20-11(16-10)7-15-13(19)14-6-5-9-3-1-2-4-9/h8-9H,1-7H2,(H,17,18)(H2,14,15,19). The van der Waals surface area contributed by atoms with E-state index in [0.29, 0.717) is 11.6 Å². The fourth-order valence-electron chi connectivity index (χ4n) is 2.40. The number of nitrogens with zero attached hydrogens (tertiary/aromatic N) is 1. The summed E-state index contributed by atoms with van der Waals surface area (Å²) in [6.07, 6.45) is 6.22. The number of thiazole rings is 1. The fraction of sp³-hybridized carbons (Fsp3) is 0.615. The molecule has 3 N–H and O–H groups in total. The van der Waals surface area contributed by atoms with Crippen LogP contribution in [0.1, 0.15) is 47.6 Å². The van der Waals surface area contributed by atoms with E-state index in [1.807, 2.05) is 0 Å². The van der Waals surface area contributed by atoms with Gasteiger partial charge < -0.3 is 15.7 Å². The number of carbonyl (C=O) groups is 2. The van der Waals surface area contributed by atoms with Crippen molar-refractivity contribution in [3.63, 3.8) is 0 Å². The Bertz CT molecular complexity index is 469. The average Bonchev–Trinajstić information content (AvgIpc) is 3.07. The van der Waals surface area contributed by atoms with E-state index >= 15 is 0 Å². The van der Waals surface area contributed by atoms with Gasteiger partial charge >= 0.3 is 12.0 Å². The minimum absolute atomic E-state index is 0.0217. The average molecular weight is 297 g/mol. The number of amides is 2. The summed E-state index contributed by atoms with van der Waals surface area (Å²) in [6.45, 7) is 0.946. The van der Waals surface area contributed by atoms with Crippen LogP contribution in [0.4, 0.5) is 4.79 Å². The summed E-state index contributed by atoms with van der Waals surface area (Å²) in [5.41, 5.74) is 0.0217. The van der Waals surface area contributed by atoms with Crippen LogP contribution < -0.4 is 10.6 Å². The molecular formula is C13H19N3O3S. The van der Waals surface area contributed by atoms with Gasteiger partial charge in [-0.15, -0.1) is 11.3 Å². The van der Waals surface area contributed by atoms with Gasteiger partial charge in [-0.1, -0.05) is 25.7 Å². The Kier molecular flexibility index (Phi) is 5.34. The van der Waals surface area contributed by atoms with Crippen molar-refractivity contribution in [3.05, 3.63) is 16.1 Å². The molecule has 110 valence electrons. The molecule has 2 rings (SSSR count). The first-order chi connectivity index (χ1) is 9.65. The zero-order valence-electron chi connectivity index (χ0n) is 11.2. The van der Waals surface area contributed by atoms with Crippen LogP contribution >= 0.6 is 11.3 Å². The molecule has 1 aromatic heterocycles. The predicted octanol–water partition coefficient (Wildman–Crippen LogP) is 2.22. The maximum absolute atomic E-state index is 11.6. The lowest BCUT2D eigenvalue weighted by molar-refractivity contribution is 0.0691. The lowest BCUT2D eigenvalue weighted by Gasteiger charge is -2.10. The Hall–Kier alpha value is -1.63. The molecule has 0 unspecified atom stereocenters. The van der Waals surface area contributed by atoms with E-state index in [1.165, 1.54) is 42.4 Å². The Balaban J connectivity index is 1.62. The monoisotopic (exact) mass is 297 g/mol. The van der Waals surface area contributed by atoms with Crippen LogP contribution in [0.5, 0.6) is 0 Å². The van der Waals surface area contributed by atoms with Crippen LogP contribution in [-0.4, -0.2) is 28.6 Å². The Morgan fingerprint density at radius 2 is 2.10 bits per heavy atom. The van der Waals surface area contributed by atoms with Crippen molar-refractivity contribution in [3.8, 4) is 0 Å². The van der Waals surface area contributed by atoms with Gasteiger partial charge in [-0.3, -0.25) is 0 Å². The number of hydrogen-bond donors (Lipinski definition) is 3. The molecule has 1 heterocycles. The largest absolute Gasteiger partial charge is 0.476 e. The van der Waals surface area contributed by atoms with Crippen molar-refractivity contribution in [2.45, 2.75) is 38.6 Å². The molecule has 1 aliphatic carbocycles. The maximum Gasteiger partial charge on any atom is 0.355 e. The molecule has 0 spiro atoms. The topological polar surface area (TPSA) is 91.3 Å². The van der Waals surface area contributed by atoms with Gasteiger partial charge in [0.05, 0.1) is 6.54 Å². The van der Waals surface area contributed by atoms with Gasteiger partial charge in [-0.2, -0.15) is 0 Å². The van der Waals surface area contributed by atoms with Gasteiger partial charge in [-0.25, -0.2) is 14.6 Å². The predicted molar refractivity (Wildman–Crippen MR) is 75.9 cm³/mol. The second-order valence-corrected chi connectivity index (χ2v) is 5.92. The van der Waals surface area contributed by atoms with Crippen molar-refractivity contribution in [2.75, 3.05) is 6.54 Å². The molecule has 1 fully saturated rings. The van der Waals surface area contributed by atoms with Crippen LogP contribution in [0.25, 0.3) is 0 Å². The van der Waals surface area contributed by atoms with E-state index in [2.05, 4.69) is 15.6 Å². The van der Waals surface area contributed by atoms with Gasteiger partial charge in [0.15, 0.2) is 5.69 Å². The van der Waals surface area contributed by atoms with E-state index < -0.39 is 5.97 Å². The smallest absolute Gasteiger partial charge is 0.355 e. The molecule has 7 heteroatoms. The third-order valence-electron chi connectivity index (χ3n) is 3.48. The molecule has 2 amide bonds. The van der Waals surface area contributed by atoms with Crippen molar-refractivity contribution >= 4 is 23.3 Å². The van der Waals surface area contributed by atoms with Gasteiger partial charge in [0.25, 0.3) is 0 Å². The number of carboxylic acid groups (broad SMARTS) is 1. The molecule has 0 aromatic carbocycles. The lowest BCUT2D eigenvalue weighted by Crippen LogP contribution is -2.36. The first-order valence-corrected chi connectivity index (χ1v) is 7.72. The van der Waals surface area contributed by atoms with E-state index in [1.54, 1.807) is 0 Å². The number of carboxylic acids is 1. The summed E-state index contributed by atoms with van der Waals surface area (Å²) in [6, 6.07) is -0.227. The highest BCUT2D eigenvalue weighted by molar-refractivity contribution is 7.09. The molecule has 1 aliphatic rings. The molecule has 20 heavy (non-hydrogen) atoms. The molecule has 0 saturated heterocycles. The molecule has 1 aromatic rings. The number of aromatic nitrogens is 1. The summed E-state index contributed by atoms with van der Waals surface area (Å²) < 4.78 is 0. The number of nitrogens with one attached hydrogen (secondary N) is 2. The van der Waals surface area contributed by atoms with Crippen LogP contribution in [0.3, 0.4) is 0 Å². The number of rotatable bonds is 6. The van der Waals surface area contributed by atoms with E-state index in [-0.39, 0.29) is 18.3 Å². The summed E-state index contributed by atoms with van der Waals surface area (Å²) in [5.74, 6) is -0.291. The Labute approximate surface area is 121 Å². The van der Waals surface area contributed by atoms with Crippen molar-refractivity contribution in [1.29, 1.82) is 0 Å². The third kappa shape index (κ3) is 4.48. The van der Waals surface area contributed by atoms with Gasteiger partial charge in [0, 0.05) is 11.9 Å². The molecule has 0 bridgehead atoms. The highest BCUT2D eigenvalue weighted by atomic mass is 32.1. The van der Waals surface area contributed by atoms with Crippen molar-refractivity contribution in [2.24, 2.45) is 5.92 Å². The summed E-state index contributed by atoms with van der Waals surface area (Å²) in [4.78, 5) is 26.1. The second-order valence-electron chi connectivity index (χ2n) is 4.98. The van der Waals surface area contributed by atoms with Crippen LogP contribution in [0.15, 0.2) is 5.38 Å². The molecule has 6 nitrogen and oxygen atoms in total. The normalized spacial score (nSPS) is 15.2. The minimum atomic E-state index is -1.05. The zero-order chi connectivity index (χ0) is 14.4. The molecule has 1 saturated carbocycles. The van der Waals surface area contributed by atoms with Crippen LogP contribution in [0, 0.1) is 5.92 Å². The molecule has 0 radical (unpaired) electrons. The van der Waals surface area contributed by atoms with E-state index in [0.717, 1.165) is 12.3 Å². The molecule has 0 atom stereocenters. The summed E-state index contributed by atoms with van der Waals surface area (Å²) >= 11 is 1.23. The van der Waals surface area contributed by atoms with E-state index in [4.69, 9.17) is 5.11 Å². The summed E-state index contributed by atoms with van der Waals surface area (Å²) in [5, 5.41) is 16.3. The highest BCUT2D eigenvalue weighted by Gasteiger charge is 2.14. The SMILES string of the molecule is O=C(NCCC1CCCC1)NCc1nc(C(=O)O)cs1. The molecular weight excluding hydrogens is 278 g/mol. The number of aromatic carboxylic acids is 1. The first-order valence-electron chi connectivity index (χ1n) is 6.84.